The number of nitrogens with zero attached hydrogens (tertiary/aromatic N) is 1. The predicted octanol–water partition coefficient (Wildman–Crippen LogP) is 2.59. The first kappa shape index (κ1) is 15.9. The number of hydrogen-bond donors (Lipinski definition) is 1. The van der Waals surface area contributed by atoms with Crippen molar-refractivity contribution in [3.63, 3.8) is 0 Å². The van der Waals surface area contributed by atoms with Crippen LogP contribution in [0, 0.1) is 17.2 Å². The highest BCUT2D eigenvalue weighted by Crippen LogP contribution is 2.11. The lowest BCUT2D eigenvalue weighted by atomic mass is 10.0. The molecule has 20 heavy (non-hydrogen) atoms. The summed E-state index contributed by atoms with van der Waals surface area (Å²) in [5, 5.41) is 12.1. The Hall–Kier alpha value is -2.12. The summed E-state index contributed by atoms with van der Waals surface area (Å²) in [4.78, 5) is 23.4. The van der Waals surface area contributed by atoms with E-state index < -0.39 is 17.6 Å². The predicted molar refractivity (Wildman–Crippen MR) is 77.9 cm³/mol. The fraction of sp³-hybridized carbons (Fsp3) is 0.267. The third-order valence-corrected chi connectivity index (χ3v) is 2.79. The molecule has 1 atom stereocenters. The van der Waals surface area contributed by atoms with Crippen LogP contribution in [0.15, 0.2) is 30.3 Å². The molecular weight excluding hydrogens is 276 g/mol. The molecule has 0 aromatic heterocycles. The van der Waals surface area contributed by atoms with Crippen LogP contribution < -0.4 is 5.32 Å². The van der Waals surface area contributed by atoms with Crippen LogP contribution in [0.25, 0.3) is 6.08 Å². The van der Waals surface area contributed by atoms with Crippen LogP contribution in [0.4, 0.5) is 0 Å². The van der Waals surface area contributed by atoms with Crippen LogP contribution in [-0.2, 0) is 9.59 Å². The molecule has 0 saturated carbocycles. The first-order valence-electron chi connectivity index (χ1n) is 6.23. The molecule has 1 rings (SSSR count). The Labute approximate surface area is 123 Å². The van der Waals surface area contributed by atoms with Crippen molar-refractivity contribution in [3.8, 4) is 6.07 Å². The molecule has 0 saturated heterocycles. The molecule has 0 aliphatic rings. The molecule has 1 aromatic rings. The Kier molecular flexibility index (Phi) is 6.48. The summed E-state index contributed by atoms with van der Waals surface area (Å²) in [6.07, 6.45) is 3.54. The number of halogens is 1. The lowest BCUT2D eigenvalue weighted by Gasteiger charge is -2.06. The van der Waals surface area contributed by atoms with Gasteiger partial charge in [-0.25, -0.2) is 0 Å². The number of nitrogens with one attached hydrogen (secondary N) is 1. The van der Waals surface area contributed by atoms with E-state index in [9.17, 15) is 9.59 Å². The van der Waals surface area contributed by atoms with Crippen molar-refractivity contribution in [2.24, 2.45) is 5.92 Å². The first-order valence-corrected chi connectivity index (χ1v) is 6.61. The number of benzene rings is 1. The van der Waals surface area contributed by atoms with Gasteiger partial charge in [0.05, 0.1) is 6.07 Å². The Balaban J connectivity index is 2.70. The number of nitriles is 1. The second-order valence-electron chi connectivity index (χ2n) is 4.14. The van der Waals surface area contributed by atoms with Crippen LogP contribution in [-0.4, -0.2) is 18.2 Å². The number of amides is 1. The highest BCUT2D eigenvalue weighted by atomic mass is 35.5. The number of hydrogen-bond acceptors (Lipinski definition) is 3. The summed E-state index contributed by atoms with van der Waals surface area (Å²) >= 11 is 5.75. The zero-order chi connectivity index (χ0) is 15.0. The lowest BCUT2D eigenvalue weighted by Crippen LogP contribution is -2.34. The fourth-order valence-corrected chi connectivity index (χ4v) is 1.58. The Bertz CT molecular complexity index is 544. The monoisotopic (exact) mass is 290 g/mol. The van der Waals surface area contributed by atoms with Crippen LogP contribution in [0.1, 0.15) is 18.9 Å². The number of carbonyl (C=O) groups excluding carboxylic acids is 2. The molecule has 0 heterocycles. The van der Waals surface area contributed by atoms with Gasteiger partial charge in [0.25, 0.3) is 0 Å². The van der Waals surface area contributed by atoms with Crippen molar-refractivity contribution >= 4 is 29.4 Å². The SMILES string of the molecule is CCCNC(=O)C(C#N)C(=O)C=Cc1ccc(Cl)cc1. The van der Waals surface area contributed by atoms with Crippen molar-refractivity contribution in [1.29, 1.82) is 5.26 Å². The molecule has 0 bridgehead atoms. The van der Waals surface area contributed by atoms with Gasteiger partial charge in [-0.3, -0.25) is 9.59 Å². The normalized spacial score (nSPS) is 11.8. The summed E-state index contributed by atoms with van der Waals surface area (Å²) in [5.74, 6) is -2.39. The summed E-state index contributed by atoms with van der Waals surface area (Å²) in [7, 11) is 0. The maximum atomic E-state index is 11.8. The molecule has 5 heteroatoms. The van der Waals surface area contributed by atoms with Crippen LogP contribution >= 0.6 is 11.6 Å². The van der Waals surface area contributed by atoms with Crippen molar-refractivity contribution in [2.75, 3.05) is 6.54 Å². The molecular formula is C15H15ClN2O2. The van der Waals surface area contributed by atoms with E-state index in [4.69, 9.17) is 16.9 Å². The maximum absolute atomic E-state index is 11.8. The Morgan fingerprint density at radius 2 is 2.05 bits per heavy atom. The van der Waals surface area contributed by atoms with Gasteiger partial charge in [-0.1, -0.05) is 36.7 Å². The minimum absolute atomic E-state index is 0.450. The van der Waals surface area contributed by atoms with E-state index in [-0.39, 0.29) is 0 Å². The number of allylic oxidation sites excluding steroid dienone is 1. The molecule has 0 aliphatic heterocycles. The summed E-state index contributed by atoms with van der Waals surface area (Å²) in [5.41, 5.74) is 0.772. The summed E-state index contributed by atoms with van der Waals surface area (Å²) in [6.45, 7) is 2.34. The van der Waals surface area contributed by atoms with E-state index in [1.807, 2.05) is 6.92 Å². The standard InChI is InChI=1S/C15H15ClN2O2/c1-2-9-18-15(20)13(10-17)14(19)8-5-11-3-6-12(16)7-4-11/h3-8,13H,2,9H2,1H3,(H,18,20). The summed E-state index contributed by atoms with van der Waals surface area (Å²) < 4.78 is 0. The molecule has 1 aromatic carbocycles. The Morgan fingerprint density at radius 3 is 2.60 bits per heavy atom. The number of ketones is 1. The van der Waals surface area contributed by atoms with E-state index in [0.29, 0.717) is 11.6 Å². The van der Waals surface area contributed by atoms with Gasteiger partial charge >= 0.3 is 0 Å². The Morgan fingerprint density at radius 1 is 1.40 bits per heavy atom. The van der Waals surface area contributed by atoms with Gasteiger partial charge in [-0.05, 0) is 30.2 Å². The topological polar surface area (TPSA) is 70.0 Å². The molecule has 0 fully saturated rings. The van der Waals surface area contributed by atoms with Crippen molar-refractivity contribution in [1.82, 2.24) is 5.32 Å². The molecule has 1 N–H and O–H groups in total. The smallest absolute Gasteiger partial charge is 0.245 e. The van der Waals surface area contributed by atoms with Gasteiger partial charge in [0.2, 0.25) is 5.91 Å². The van der Waals surface area contributed by atoms with Crippen LogP contribution in [0.3, 0.4) is 0 Å². The largest absolute Gasteiger partial charge is 0.355 e. The van der Waals surface area contributed by atoms with Crippen LogP contribution in [0.2, 0.25) is 5.02 Å². The van der Waals surface area contributed by atoms with Gasteiger partial charge in [-0.2, -0.15) is 5.26 Å². The number of rotatable bonds is 6. The molecule has 1 unspecified atom stereocenters. The van der Waals surface area contributed by atoms with E-state index >= 15 is 0 Å². The van der Waals surface area contributed by atoms with E-state index in [1.54, 1.807) is 36.4 Å². The van der Waals surface area contributed by atoms with Gasteiger partial charge < -0.3 is 5.32 Å². The fourth-order valence-electron chi connectivity index (χ4n) is 1.45. The van der Waals surface area contributed by atoms with Crippen molar-refractivity contribution < 1.29 is 9.59 Å². The lowest BCUT2D eigenvalue weighted by molar-refractivity contribution is -0.129. The van der Waals surface area contributed by atoms with E-state index in [1.165, 1.54) is 6.08 Å². The van der Waals surface area contributed by atoms with Crippen molar-refractivity contribution in [2.45, 2.75) is 13.3 Å². The average molecular weight is 291 g/mol. The van der Waals surface area contributed by atoms with Gasteiger partial charge in [0.15, 0.2) is 11.7 Å². The van der Waals surface area contributed by atoms with Crippen LogP contribution in [0.5, 0.6) is 0 Å². The molecule has 0 aliphatic carbocycles. The third kappa shape index (κ3) is 4.87. The molecule has 104 valence electrons. The minimum atomic E-state index is -1.30. The van der Waals surface area contributed by atoms with Crippen molar-refractivity contribution in [3.05, 3.63) is 40.9 Å². The first-order chi connectivity index (χ1) is 9.58. The second kappa shape index (κ2) is 8.13. The van der Waals surface area contributed by atoms with E-state index in [0.717, 1.165) is 12.0 Å². The highest BCUT2D eigenvalue weighted by molar-refractivity contribution is 6.30. The molecule has 0 radical (unpaired) electrons. The molecule has 1 amide bonds. The minimum Gasteiger partial charge on any atom is -0.355 e. The quantitative estimate of drug-likeness (QED) is 0.646. The summed E-state index contributed by atoms with van der Waals surface area (Å²) in [6, 6.07) is 8.60. The second-order valence-corrected chi connectivity index (χ2v) is 4.58. The van der Waals surface area contributed by atoms with Gasteiger partial charge in [0, 0.05) is 11.6 Å². The van der Waals surface area contributed by atoms with Gasteiger partial charge in [-0.15, -0.1) is 0 Å². The zero-order valence-electron chi connectivity index (χ0n) is 11.1. The third-order valence-electron chi connectivity index (χ3n) is 2.54. The maximum Gasteiger partial charge on any atom is 0.245 e. The van der Waals surface area contributed by atoms with Gasteiger partial charge in [0.1, 0.15) is 0 Å². The average Bonchev–Trinajstić information content (AvgIpc) is 2.45. The van der Waals surface area contributed by atoms with E-state index in [2.05, 4.69) is 5.32 Å². The highest BCUT2D eigenvalue weighted by Gasteiger charge is 2.23. The molecule has 0 spiro atoms. The number of carbonyl (C=O) groups is 2. The molecule has 4 nitrogen and oxygen atoms in total. The zero-order valence-corrected chi connectivity index (χ0v) is 11.9.